The van der Waals surface area contributed by atoms with Crippen molar-refractivity contribution in [2.45, 2.75) is 88.4 Å². The van der Waals surface area contributed by atoms with Crippen LogP contribution in [0.4, 0.5) is 0 Å². The predicted octanol–water partition coefficient (Wildman–Crippen LogP) is 4.07. The molecule has 1 aliphatic heterocycles. The molecule has 1 spiro atoms. The maximum absolute atomic E-state index is 12.5. The number of hydrazine groups is 1. The summed E-state index contributed by atoms with van der Waals surface area (Å²) < 4.78 is 0. The summed E-state index contributed by atoms with van der Waals surface area (Å²) >= 11 is 0. The van der Waals surface area contributed by atoms with E-state index in [0.717, 1.165) is 61.9 Å². The Labute approximate surface area is 220 Å². The number of ketones is 1. The minimum atomic E-state index is -0.483. The molecule has 3 aliphatic rings. The number of benzene rings is 1. The Bertz CT molecular complexity index is 1120. The van der Waals surface area contributed by atoms with Crippen LogP contribution in [0.2, 0.25) is 0 Å². The molecule has 1 aromatic heterocycles. The van der Waals surface area contributed by atoms with Gasteiger partial charge in [0.2, 0.25) is 5.78 Å². The molecule has 7 heteroatoms. The van der Waals surface area contributed by atoms with Gasteiger partial charge in [-0.3, -0.25) is 24.9 Å². The van der Waals surface area contributed by atoms with Crippen molar-refractivity contribution in [2.75, 3.05) is 14.1 Å². The number of aryl methyl sites for hydroxylation is 1. The maximum atomic E-state index is 12.5. The van der Waals surface area contributed by atoms with E-state index in [4.69, 9.17) is 4.98 Å². The molecule has 1 aromatic carbocycles. The normalized spacial score (nSPS) is 27.8. The number of Topliss-reactive ketones (excluding diaryl/α,β-unsaturated/α-hetero) is 1. The van der Waals surface area contributed by atoms with E-state index in [9.17, 15) is 9.59 Å². The zero-order chi connectivity index (χ0) is 26.0. The summed E-state index contributed by atoms with van der Waals surface area (Å²) in [5, 5.41) is 2.85. The van der Waals surface area contributed by atoms with Crippen LogP contribution >= 0.6 is 0 Å². The highest BCUT2D eigenvalue weighted by atomic mass is 16.2. The molecule has 0 bridgehead atoms. The maximum Gasteiger partial charge on any atom is 0.287 e. The van der Waals surface area contributed by atoms with Crippen molar-refractivity contribution in [1.29, 1.82) is 0 Å². The van der Waals surface area contributed by atoms with Gasteiger partial charge in [-0.25, -0.2) is 5.43 Å². The molecule has 198 valence electrons. The quantitative estimate of drug-likeness (QED) is 0.471. The summed E-state index contributed by atoms with van der Waals surface area (Å²) in [6.45, 7) is 2.24. The topological polar surface area (TPSA) is 86.4 Å². The third-order valence-corrected chi connectivity index (χ3v) is 9.20. The van der Waals surface area contributed by atoms with E-state index >= 15 is 0 Å². The molecule has 1 amide bonds. The predicted molar refractivity (Wildman–Crippen MR) is 144 cm³/mol. The summed E-state index contributed by atoms with van der Waals surface area (Å²) in [6.07, 6.45) is 8.95. The summed E-state index contributed by atoms with van der Waals surface area (Å²) in [5.74, 6) is -0.397. The van der Waals surface area contributed by atoms with Gasteiger partial charge in [-0.2, -0.15) is 0 Å². The van der Waals surface area contributed by atoms with E-state index in [-0.39, 0.29) is 29.4 Å². The fraction of sp³-hybridized carbons (Fsp3) is 0.567. The molecule has 3 N–H and O–H groups in total. The summed E-state index contributed by atoms with van der Waals surface area (Å²) in [7, 11) is 4.40. The second kappa shape index (κ2) is 10.6. The third kappa shape index (κ3) is 5.35. The fourth-order valence-electron chi connectivity index (χ4n) is 6.53. The number of nitrogens with zero attached hydrogens (tertiary/aromatic N) is 2. The van der Waals surface area contributed by atoms with Crippen LogP contribution in [0.3, 0.4) is 0 Å². The molecule has 37 heavy (non-hydrogen) atoms. The number of amides is 1. The smallest absolute Gasteiger partial charge is 0.287 e. The van der Waals surface area contributed by atoms with Gasteiger partial charge < -0.3 is 5.32 Å². The van der Waals surface area contributed by atoms with Crippen LogP contribution < -0.4 is 16.2 Å². The molecule has 7 nitrogen and oxygen atoms in total. The highest BCUT2D eigenvalue weighted by molar-refractivity contribution is 6.36. The van der Waals surface area contributed by atoms with Crippen LogP contribution in [0, 0.1) is 12.8 Å². The van der Waals surface area contributed by atoms with Crippen molar-refractivity contribution in [3.63, 3.8) is 0 Å². The highest BCUT2D eigenvalue weighted by Crippen LogP contribution is 2.48. The lowest BCUT2D eigenvalue weighted by molar-refractivity contribution is -0.138. The van der Waals surface area contributed by atoms with E-state index in [2.05, 4.69) is 71.6 Å². The van der Waals surface area contributed by atoms with Crippen LogP contribution in [-0.2, 0) is 21.7 Å². The standard InChI is InChI=1S/C30H41N5O2/c1-21-12-13-24(26(32-21)20-31-28(37)27(36)18-22-8-7-9-22)25-19-29(34-33-25)14-16-30(17-15-29,35(2)3)23-10-5-4-6-11-23/h4-6,10-13,22,25,33-34H,7-9,14-20H2,1-3H3,(H,31,37)/t25-,29?,30?/m0/s1. The fourth-order valence-corrected chi connectivity index (χ4v) is 6.53. The lowest BCUT2D eigenvalue weighted by Gasteiger charge is -2.49. The van der Waals surface area contributed by atoms with Crippen molar-refractivity contribution in [1.82, 2.24) is 26.1 Å². The van der Waals surface area contributed by atoms with Crippen molar-refractivity contribution in [2.24, 2.45) is 5.92 Å². The van der Waals surface area contributed by atoms with Gasteiger partial charge in [0, 0.05) is 29.2 Å². The average molecular weight is 504 g/mol. The number of hydrogen-bond donors (Lipinski definition) is 3. The monoisotopic (exact) mass is 503 g/mol. The van der Waals surface area contributed by atoms with E-state index in [1.165, 1.54) is 12.0 Å². The van der Waals surface area contributed by atoms with Gasteiger partial charge in [0.25, 0.3) is 5.91 Å². The number of aromatic nitrogens is 1. The van der Waals surface area contributed by atoms with E-state index in [1.807, 2.05) is 13.0 Å². The SMILES string of the molecule is Cc1ccc([C@@H]2CC3(CCC(c4ccccc4)(N(C)C)CC3)NN2)c(CNC(=O)C(=O)CC2CCC2)n1. The minimum Gasteiger partial charge on any atom is -0.344 e. The summed E-state index contributed by atoms with van der Waals surface area (Å²) in [5.41, 5.74) is 11.5. The number of pyridine rings is 1. The van der Waals surface area contributed by atoms with Gasteiger partial charge in [-0.1, -0.05) is 42.8 Å². The third-order valence-electron chi connectivity index (χ3n) is 9.20. The molecule has 0 radical (unpaired) electrons. The Hall–Kier alpha value is -2.61. The van der Waals surface area contributed by atoms with E-state index in [0.29, 0.717) is 12.3 Å². The molecule has 1 atom stereocenters. The number of hydrogen-bond acceptors (Lipinski definition) is 6. The van der Waals surface area contributed by atoms with Crippen molar-refractivity contribution in [3.05, 3.63) is 65.0 Å². The van der Waals surface area contributed by atoms with Gasteiger partial charge in [0.1, 0.15) is 0 Å². The second-order valence-corrected chi connectivity index (χ2v) is 11.7. The Morgan fingerprint density at radius 3 is 2.43 bits per heavy atom. The van der Waals surface area contributed by atoms with Gasteiger partial charge in [0.05, 0.1) is 12.2 Å². The van der Waals surface area contributed by atoms with Crippen LogP contribution in [0.5, 0.6) is 0 Å². The molecule has 5 rings (SSSR count). The molecule has 0 unspecified atom stereocenters. The number of rotatable bonds is 8. The Balaban J connectivity index is 1.25. The molecule has 1 saturated heterocycles. The highest BCUT2D eigenvalue weighted by Gasteiger charge is 2.48. The van der Waals surface area contributed by atoms with Crippen LogP contribution in [0.15, 0.2) is 42.5 Å². The Morgan fingerprint density at radius 2 is 1.78 bits per heavy atom. The largest absolute Gasteiger partial charge is 0.344 e. The molecule has 2 heterocycles. The van der Waals surface area contributed by atoms with Gasteiger partial charge in [-0.15, -0.1) is 0 Å². The van der Waals surface area contributed by atoms with Gasteiger partial charge in [-0.05, 0) is 89.1 Å². The van der Waals surface area contributed by atoms with Crippen molar-refractivity contribution < 1.29 is 9.59 Å². The molecule has 2 saturated carbocycles. The zero-order valence-corrected chi connectivity index (χ0v) is 22.5. The zero-order valence-electron chi connectivity index (χ0n) is 22.5. The van der Waals surface area contributed by atoms with E-state index < -0.39 is 5.91 Å². The van der Waals surface area contributed by atoms with Gasteiger partial charge >= 0.3 is 0 Å². The molecule has 3 fully saturated rings. The van der Waals surface area contributed by atoms with Crippen molar-refractivity contribution >= 4 is 11.7 Å². The first-order valence-corrected chi connectivity index (χ1v) is 13.8. The minimum absolute atomic E-state index is 0.0309. The molecule has 2 aliphatic carbocycles. The average Bonchev–Trinajstić information content (AvgIpc) is 3.29. The van der Waals surface area contributed by atoms with Gasteiger partial charge in [0.15, 0.2) is 0 Å². The second-order valence-electron chi connectivity index (χ2n) is 11.7. The Morgan fingerprint density at radius 1 is 1.05 bits per heavy atom. The first-order valence-electron chi connectivity index (χ1n) is 13.8. The first kappa shape index (κ1) is 26.0. The molecular weight excluding hydrogens is 462 g/mol. The summed E-state index contributed by atoms with van der Waals surface area (Å²) in [6, 6.07) is 15.1. The lowest BCUT2D eigenvalue weighted by atomic mass is 9.67. The number of nitrogens with one attached hydrogen (secondary N) is 3. The molecular formula is C30H41N5O2. The molecule has 2 aromatic rings. The van der Waals surface area contributed by atoms with Crippen molar-refractivity contribution in [3.8, 4) is 0 Å². The summed E-state index contributed by atoms with van der Waals surface area (Å²) in [4.78, 5) is 31.9. The number of carbonyl (C=O) groups is 2. The van der Waals surface area contributed by atoms with Crippen LogP contribution in [0.1, 0.15) is 86.3 Å². The lowest BCUT2D eigenvalue weighted by Crippen LogP contribution is -2.53. The Kier molecular flexibility index (Phi) is 7.48. The number of carbonyl (C=O) groups excluding carboxylic acids is 2. The van der Waals surface area contributed by atoms with E-state index in [1.54, 1.807) is 0 Å². The van der Waals surface area contributed by atoms with Crippen LogP contribution in [-0.4, -0.2) is 41.2 Å². The van der Waals surface area contributed by atoms with Crippen LogP contribution in [0.25, 0.3) is 0 Å². The first-order chi connectivity index (χ1) is 17.8.